The molecule has 0 saturated carbocycles. The van der Waals surface area contributed by atoms with Crippen molar-refractivity contribution in [3.63, 3.8) is 0 Å². The molecule has 0 amide bonds. The summed E-state index contributed by atoms with van der Waals surface area (Å²) in [6, 6.07) is 17.6. The third kappa shape index (κ3) is 2.09. The second-order valence-corrected chi connectivity index (χ2v) is 7.54. The van der Waals surface area contributed by atoms with Gasteiger partial charge in [0.25, 0.3) is 0 Å². The SMILES string of the molecule is O=[Se]1c2ccccc2CN1c1nnc(-c2ccccc2)o1. The van der Waals surface area contributed by atoms with Crippen molar-refractivity contribution < 1.29 is 8.25 Å². The summed E-state index contributed by atoms with van der Waals surface area (Å²) in [6.07, 6.45) is 0. The van der Waals surface area contributed by atoms with E-state index in [-0.39, 0.29) is 0 Å². The van der Waals surface area contributed by atoms with E-state index in [1.807, 2.05) is 54.6 Å². The molecule has 1 aliphatic heterocycles. The first kappa shape index (κ1) is 12.4. The van der Waals surface area contributed by atoms with Crippen molar-refractivity contribution in [3.05, 3.63) is 60.2 Å². The van der Waals surface area contributed by atoms with Gasteiger partial charge in [-0.05, 0) is 0 Å². The van der Waals surface area contributed by atoms with Crippen molar-refractivity contribution in [3.8, 4) is 11.5 Å². The molecule has 5 nitrogen and oxygen atoms in total. The van der Waals surface area contributed by atoms with Crippen molar-refractivity contribution in [2.45, 2.75) is 6.54 Å². The first-order valence-electron chi connectivity index (χ1n) is 6.49. The zero-order valence-corrected chi connectivity index (χ0v) is 12.7. The number of benzene rings is 2. The minimum atomic E-state index is -2.33. The van der Waals surface area contributed by atoms with Crippen LogP contribution in [0.4, 0.5) is 6.01 Å². The molecule has 0 radical (unpaired) electrons. The molecule has 2 aromatic carbocycles. The quantitative estimate of drug-likeness (QED) is 0.665. The van der Waals surface area contributed by atoms with Crippen LogP contribution in [0.25, 0.3) is 11.5 Å². The second-order valence-electron chi connectivity index (χ2n) is 4.65. The molecule has 1 atom stereocenters. The van der Waals surface area contributed by atoms with Gasteiger partial charge in [-0.15, -0.1) is 0 Å². The fraction of sp³-hybridized carbons (Fsp3) is 0.0667. The van der Waals surface area contributed by atoms with Crippen LogP contribution >= 0.6 is 0 Å². The molecular formula is C15H11N3O2Se. The molecule has 0 aliphatic carbocycles. The third-order valence-electron chi connectivity index (χ3n) is 3.32. The number of anilines is 1. The van der Waals surface area contributed by atoms with Gasteiger partial charge in [0.15, 0.2) is 0 Å². The summed E-state index contributed by atoms with van der Waals surface area (Å²) in [5.74, 6) is 0.445. The molecule has 104 valence electrons. The first-order chi connectivity index (χ1) is 10.3. The molecule has 21 heavy (non-hydrogen) atoms. The van der Waals surface area contributed by atoms with Crippen LogP contribution in [0.1, 0.15) is 5.56 Å². The van der Waals surface area contributed by atoms with Crippen LogP contribution in [0.5, 0.6) is 0 Å². The van der Waals surface area contributed by atoms with Gasteiger partial charge >= 0.3 is 125 Å². The fourth-order valence-electron chi connectivity index (χ4n) is 2.29. The van der Waals surface area contributed by atoms with Gasteiger partial charge in [-0.25, -0.2) is 0 Å². The van der Waals surface area contributed by atoms with Gasteiger partial charge in [0.05, 0.1) is 0 Å². The summed E-state index contributed by atoms with van der Waals surface area (Å²) in [7, 11) is 0. The van der Waals surface area contributed by atoms with E-state index in [1.165, 1.54) is 0 Å². The number of nitrogens with zero attached hydrogens (tertiary/aromatic N) is 3. The first-order valence-corrected chi connectivity index (χ1v) is 8.81. The maximum atomic E-state index is 12.5. The van der Waals surface area contributed by atoms with Crippen LogP contribution in [0.15, 0.2) is 59.0 Å². The van der Waals surface area contributed by atoms with Gasteiger partial charge in [-0.2, -0.15) is 0 Å². The van der Waals surface area contributed by atoms with Crippen LogP contribution in [-0.2, 0) is 10.4 Å². The van der Waals surface area contributed by atoms with Gasteiger partial charge < -0.3 is 0 Å². The number of hydrogen-bond acceptors (Lipinski definition) is 4. The van der Waals surface area contributed by atoms with Crippen LogP contribution in [0, 0.1) is 0 Å². The van der Waals surface area contributed by atoms with E-state index in [0.717, 1.165) is 15.6 Å². The molecule has 0 saturated heterocycles. The Balaban J connectivity index is 1.68. The summed E-state index contributed by atoms with van der Waals surface area (Å²) in [5.41, 5.74) is 1.92. The van der Waals surface area contributed by atoms with Crippen LogP contribution in [-0.4, -0.2) is 24.2 Å². The predicted molar refractivity (Wildman–Crippen MR) is 78.4 cm³/mol. The van der Waals surface area contributed by atoms with E-state index in [2.05, 4.69) is 10.2 Å². The van der Waals surface area contributed by atoms with Gasteiger partial charge in [-0.1, -0.05) is 0 Å². The van der Waals surface area contributed by atoms with E-state index < -0.39 is 14.1 Å². The number of hydrogen-bond donors (Lipinski definition) is 0. The Labute approximate surface area is 125 Å². The van der Waals surface area contributed by atoms with E-state index >= 15 is 0 Å². The normalized spacial score (nSPS) is 17.0. The molecule has 3 aromatic rings. The average molecular weight is 344 g/mol. The Hall–Kier alpha value is -2.30. The molecule has 0 spiro atoms. The zero-order chi connectivity index (χ0) is 14.2. The monoisotopic (exact) mass is 345 g/mol. The van der Waals surface area contributed by atoms with Gasteiger partial charge in [0.2, 0.25) is 0 Å². The Morgan fingerprint density at radius 3 is 2.57 bits per heavy atom. The van der Waals surface area contributed by atoms with Crippen molar-refractivity contribution in [1.82, 2.24) is 10.2 Å². The van der Waals surface area contributed by atoms with Gasteiger partial charge in [0, 0.05) is 0 Å². The molecule has 4 rings (SSSR count). The topological polar surface area (TPSA) is 59.2 Å². The number of aromatic nitrogens is 2. The molecule has 6 heteroatoms. The fourth-order valence-corrected chi connectivity index (χ4v) is 4.94. The van der Waals surface area contributed by atoms with Crippen LogP contribution in [0.2, 0.25) is 0 Å². The summed E-state index contributed by atoms with van der Waals surface area (Å²) < 4.78 is 20.9. The average Bonchev–Trinajstić information content (AvgIpc) is 3.14. The Kier molecular flexibility index (Phi) is 2.91. The standard InChI is InChI=1S/C15H11N3O2Se/c19-21-13-9-5-4-8-12(13)10-18(21)15-17-16-14(20-15)11-6-2-1-3-7-11/h1-9H,10H2. The molecule has 1 aromatic heterocycles. The minimum absolute atomic E-state index is 0.324. The Morgan fingerprint density at radius 2 is 1.76 bits per heavy atom. The van der Waals surface area contributed by atoms with Gasteiger partial charge in [0.1, 0.15) is 0 Å². The summed E-state index contributed by atoms with van der Waals surface area (Å²) in [5, 5.41) is 8.10. The molecule has 0 fully saturated rings. The van der Waals surface area contributed by atoms with Crippen molar-refractivity contribution in [2.75, 3.05) is 3.92 Å². The molecule has 1 aliphatic rings. The molecule has 0 bridgehead atoms. The molecule has 1 unspecified atom stereocenters. The summed E-state index contributed by atoms with van der Waals surface area (Å²) >= 11 is -2.33. The van der Waals surface area contributed by atoms with Crippen molar-refractivity contribution in [2.24, 2.45) is 0 Å². The van der Waals surface area contributed by atoms with Gasteiger partial charge in [-0.3, -0.25) is 0 Å². The van der Waals surface area contributed by atoms with E-state index in [4.69, 9.17) is 4.42 Å². The number of rotatable bonds is 2. The van der Waals surface area contributed by atoms with E-state index in [0.29, 0.717) is 18.5 Å². The number of fused-ring (bicyclic) bond motifs is 1. The predicted octanol–water partition coefficient (Wildman–Crippen LogP) is 1.88. The third-order valence-corrected chi connectivity index (χ3v) is 6.39. The summed E-state index contributed by atoms with van der Waals surface area (Å²) in [4.78, 5) is 0. The molecule has 0 N–H and O–H groups in total. The maximum absolute atomic E-state index is 12.5. The Morgan fingerprint density at radius 1 is 1.00 bits per heavy atom. The molecule has 2 heterocycles. The molecular weight excluding hydrogens is 333 g/mol. The zero-order valence-electron chi connectivity index (χ0n) is 11.0. The van der Waals surface area contributed by atoms with Crippen LogP contribution < -0.4 is 8.38 Å². The second kappa shape index (κ2) is 4.91. The van der Waals surface area contributed by atoms with Crippen molar-refractivity contribution in [1.29, 1.82) is 0 Å². The van der Waals surface area contributed by atoms with E-state index in [9.17, 15) is 3.83 Å². The van der Waals surface area contributed by atoms with Crippen LogP contribution in [0.3, 0.4) is 0 Å². The van der Waals surface area contributed by atoms with Crippen molar-refractivity contribution >= 4 is 24.5 Å². The van der Waals surface area contributed by atoms with E-state index in [1.54, 1.807) is 3.92 Å². The summed E-state index contributed by atoms with van der Waals surface area (Å²) in [6.45, 7) is 0.556. The Bertz CT molecular complexity index is 817.